The van der Waals surface area contributed by atoms with Crippen molar-refractivity contribution >= 4 is 44.5 Å². The molecule has 0 aliphatic heterocycles. The fourth-order valence-electron chi connectivity index (χ4n) is 2.06. The number of nitrogens with zero attached hydrogens (tertiary/aromatic N) is 2. The summed E-state index contributed by atoms with van der Waals surface area (Å²) in [7, 11) is 0. The van der Waals surface area contributed by atoms with Gasteiger partial charge in [0, 0.05) is 11.0 Å². The molecule has 0 saturated carbocycles. The van der Waals surface area contributed by atoms with E-state index in [1.807, 2.05) is 43.5 Å². The largest absolute Gasteiger partial charge is 0.369 e. The number of aromatic nitrogens is 2. The van der Waals surface area contributed by atoms with Gasteiger partial charge in [0.15, 0.2) is 0 Å². The van der Waals surface area contributed by atoms with Gasteiger partial charge in [-0.2, -0.15) is 0 Å². The van der Waals surface area contributed by atoms with Crippen LogP contribution in [0.5, 0.6) is 0 Å². The van der Waals surface area contributed by atoms with Gasteiger partial charge in [-0.05, 0) is 39.0 Å². The lowest BCUT2D eigenvalue weighted by Gasteiger charge is -2.23. The molecule has 4 nitrogen and oxygen atoms in total. The predicted octanol–water partition coefficient (Wildman–Crippen LogP) is 3.61. The molecule has 0 bridgehead atoms. The maximum absolute atomic E-state index is 11.6. The monoisotopic (exact) mass is 357 g/mol. The highest BCUT2D eigenvalue weighted by molar-refractivity contribution is 9.10. The number of amides is 1. The molecule has 1 heterocycles. The number of halogens is 2. The normalized spacial score (nSPS) is 13.7. The molecule has 1 unspecified atom stereocenters. The Morgan fingerprint density at radius 2 is 2.20 bits per heavy atom. The Kier molecular flexibility index (Phi) is 4.12. The van der Waals surface area contributed by atoms with Crippen molar-refractivity contribution in [2.45, 2.75) is 32.7 Å². The minimum Gasteiger partial charge on any atom is -0.369 e. The summed E-state index contributed by atoms with van der Waals surface area (Å²) in [5, 5.41) is -0.246. The quantitative estimate of drug-likeness (QED) is 0.849. The van der Waals surface area contributed by atoms with Crippen LogP contribution in [0.15, 0.2) is 22.7 Å². The summed E-state index contributed by atoms with van der Waals surface area (Å²) in [6.07, 6.45) is 0. The Hall–Kier alpha value is -1.07. The van der Waals surface area contributed by atoms with Crippen molar-refractivity contribution in [1.29, 1.82) is 0 Å². The molecule has 0 aliphatic carbocycles. The van der Waals surface area contributed by atoms with Crippen molar-refractivity contribution in [1.82, 2.24) is 9.55 Å². The lowest BCUT2D eigenvalue weighted by atomic mass is 9.92. The Labute approximate surface area is 131 Å². The van der Waals surface area contributed by atoms with Crippen LogP contribution in [0.25, 0.3) is 11.0 Å². The summed E-state index contributed by atoms with van der Waals surface area (Å²) in [4.78, 5) is 16.1. The van der Waals surface area contributed by atoms with Crippen LogP contribution in [-0.2, 0) is 11.3 Å². The maximum Gasteiger partial charge on any atom is 0.224 e. The highest BCUT2D eigenvalue weighted by Crippen LogP contribution is 2.30. The SMILES string of the molecule is CC(Cl)c1nc2ccc(Br)cc2n1CC(C)(C)C(N)=O. The fraction of sp³-hybridized carbons (Fsp3) is 0.429. The first kappa shape index (κ1) is 15.3. The van der Waals surface area contributed by atoms with E-state index in [0.29, 0.717) is 6.54 Å². The molecular formula is C14H17BrClN3O. The zero-order chi connectivity index (χ0) is 15.1. The first-order chi connectivity index (χ1) is 9.22. The molecule has 2 N–H and O–H groups in total. The molecule has 20 heavy (non-hydrogen) atoms. The molecule has 108 valence electrons. The van der Waals surface area contributed by atoms with Crippen molar-refractivity contribution < 1.29 is 4.79 Å². The number of imidazole rings is 1. The van der Waals surface area contributed by atoms with Crippen molar-refractivity contribution in [3.05, 3.63) is 28.5 Å². The van der Waals surface area contributed by atoms with Gasteiger partial charge < -0.3 is 10.3 Å². The van der Waals surface area contributed by atoms with Crippen molar-refractivity contribution in [3.8, 4) is 0 Å². The molecule has 0 radical (unpaired) electrons. The Morgan fingerprint density at radius 1 is 1.55 bits per heavy atom. The molecule has 0 saturated heterocycles. The highest BCUT2D eigenvalue weighted by atomic mass is 79.9. The summed E-state index contributed by atoms with van der Waals surface area (Å²) in [6.45, 7) is 5.96. The number of hydrogen-bond donors (Lipinski definition) is 1. The molecule has 1 amide bonds. The maximum atomic E-state index is 11.6. The third-order valence-electron chi connectivity index (χ3n) is 3.32. The molecule has 0 fully saturated rings. The van der Waals surface area contributed by atoms with Gasteiger partial charge >= 0.3 is 0 Å². The van der Waals surface area contributed by atoms with Gasteiger partial charge in [0.05, 0.1) is 21.8 Å². The number of rotatable bonds is 4. The molecule has 0 aliphatic rings. The van der Waals surface area contributed by atoms with Crippen LogP contribution < -0.4 is 5.73 Å². The van der Waals surface area contributed by atoms with Crippen LogP contribution in [0.3, 0.4) is 0 Å². The number of carbonyl (C=O) groups excluding carboxylic acids is 1. The van der Waals surface area contributed by atoms with Crippen LogP contribution in [0.4, 0.5) is 0 Å². The molecule has 1 aromatic heterocycles. The number of carbonyl (C=O) groups is 1. The second kappa shape index (κ2) is 5.37. The van der Waals surface area contributed by atoms with Crippen LogP contribution in [0, 0.1) is 5.41 Å². The predicted molar refractivity (Wildman–Crippen MR) is 84.7 cm³/mol. The topological polar surface area (TPSA) is 60.9 Å². The van der Waals surface area contributed by atoms with Crippen molar-refractivity contribution in [3.63, 3.8) is 0 Å². The molecule has 1 atom stereocenters. The van der Waals surface area contributed by atoms with E-state index in [-0.39, 0.29) is 11.3 Å². The van der Waals surface area contributed by atoms with E-state index in [1.165, 1.54) is 0 Å². The minimum absolute atomic E-state index is 0.246. The van der Waals surface area contributed by atoms with Crippen LogP contribution in [0.1, 0.15) is 32.0 Å². The zero-order valence-electron chi connectivity index (χ0n) is 11.7. The summed E-state index contributed by atoms with van der Waals surface area (Å²) < 4.78 is 2.93. The van der Waals surface area contributed by atoms with Crippen LogP contribution >= 0.6 is 27.5 Å². The molecule has 1 aromatic carbocycles. The van der Waals surface area contributed by atoms with E-state index in [4.69, 9.17) is 17.3 Å². The Morgan fingerprint density at radius 3 is 2.75 bits per heavy atom. The van der Waals surface area contributed by atoms with E-state index >= 15 is 0 Å². The van der Waals surface area contributed by atoms with E-state index in [9.17, 15) is 4.79 Å². The number of alkyl halides is 1. The Bertz CT molecular complexity index is 664. The minimum atomic E-state index is -0.670. The van der Waals surface area contributed by atoms with Gasteiger partial charge in [-0.25, -0.2) is 4.98 Å². The van der Waals surface area contributed by atoms with Crippen LogP contribution in [0.2, 0.25) is 0 Å². The summed E-state index contributed by atoms with van der Waals surface area (Å²) in [5.41, 5.74) is 6.60. The van der Waals surface area contributed by atoms with Gasteiger partial charge in [-0.3, -0.25) is 4.79 Å². The van der Waals surface area contributed by atoms with Crippen LogP contribution in [-0.4, -0.2) is 15.5 Å². The van der Waals surface area contributed by atoms with Gasteiger partial charge in [0.2, 0.25) is 5.91 Å². The average molecular weight is 359 g/mol. The number of benzene rings is 1. The second-order valence-electron chi connectivity index (χ2n) is 5.55. The van der Waals surface area contributed by atoms with Gasteiger partial charge in [0.25, 0.3) is 0 Å². The van der Waals surface area contributed by atoms with Crippen molar-refractivity contribution in [2.75, 3.05) is 0 Å². The summed E-state index contributed by atoms with van der Waals surface area (Å²) >= 11 is 9.67. The van der Waals surface area contributed by atoms with Gasteiger partial charge in [-0.1, -0.05) is 15.9 Å². The molecular weight excluding hydrogens is 342 g/mol. The van der Waals surface area contributed by atoms with E-state index < -0.39 is 5.41 Å². The lowest BCUT2D eigenvalue weighted by molar-refractivity contribution is -0.126. The molecule has 6 heteroatoms. The van der Waals surface area contributed by atoms with E-state index in [1.54, 1.807) is 0 Å². The second-order valence-corrected chi connectivity index (χ2v) is 7.12. The standard InChI is InChI=1S/C14H17BrClN3O/c1-8(16)12-18-10-5-4-9(15)6-11(10)19(12)7-14(2,3)13(17)20/h4-6,8H,7H2,1-3H3,(H2,17,20). The third-order valence-corrected chi connectivity index (χ3v) is 4.00. The third kappa shape index (κ3) is 2.83. The lowest BCUT2D eigenvalue weighted by Crippen LogP contribution is -2.35. The summed E-state index contributed by atoms with van der Waals surface area (Å²) in [6, 6.07) is 5.83. The van der Waals surface area contributed by atoms with E-state index in [0.717, 1.165) is 21.3 Å². The number of nitrogens with two attached hydrogens (primary N) is 1. The smallest absolute Gasteiger partial charge is 0.224 e. The number of hydrogen-bond acceptors (Lipinski definition) is 2. The van der Waals surface area contributed by atoms with Crippen molar-refractivity contribution in [2.24, 2.45) is 11.1 Å². The highest BCUT2D eigenvalue weighted by Gasteiger charge is 2.28. The zero-order valence-corrected chi connectivity index (χ0v) is 14.0. The number of primary amides is 1. The Balaban J connectivity index is 2.62. The van der Waals surface area contributed by atoms with Gasteiger partial charge in [-0.15, -0.1) is 11.6 Å². The summed E-state index contributed by atoms with van der Waals surface area (Å²) in [5.74, 6) is 0.400. The number of fused-ring (bicyclic) bond motifs is 1. The first-order valence-electron chi connectivity index (χ1n) is 6.32. The fourth-order valence-corrected chi connectivity index (χ4v) is 2.57. The molecule has 2 rings (SSSR count). The average Bonchev–Trinajstić information content (AvgIpc) is 2.67. The molecule has 0 spiro atoms. The van der Waals surface area contributed by atoms with Gasteiger partial charge in [0.1, 0.15) is 5.82 Å². The first-order valence-corrected chi connectivity index (χ1v) is 7.55. The molecule has 2 aromatic rings. The van der Waals surface area contributed by atoms with E-state index in [2.05, 4.69) is 20.9 Å².